The van der Waals surface area contributed by atoms with Gasteiger partial charge in [-0.3, -0.25) is 0 Å². The average molecular weight is 256 g/mol. The Morgan fingerprint density at radius 2 is 2.32 bits per heavy atom. The van der Waals surface area contributed by atoms with Gasteiger partial charge in [-0.15, -0.1) is 6.58 Å². The third-order valence-corrected chi connectivity index (χ3v) is 3.54. The number of aliphatic imine (C=N–C) groups is 1. The molecule has 0 saturated heterocycles. The second-order valence-corrected chi connectivity index (χ2v) is 5.06. The van der Waals surface area contributed by atoms with Gasteiger partial charge in [0.25, 0.3) is 0 Å². The van der Waals surface area contributed by atoms with E-state index in [1.807, 2.05) is 12.1 Å². The van der Waals surface area contributed by atoms with Crippen LogP contribution in [0.1, 0.15) is 28.8 Å². The molecule has 1 aliphatic carbocycles. The van der Waals surface area contributed by atoms with Gasteiger partial charge < -0.3 is 10.0 Å². The van der Waals surface area contributed by atoms with Crippen LogP contribution in [-0.2, 0) is 6.54 Å². The Morgan fingerprint density at radius 1 is 1.53 bits per heavy atom. The first-order chi connectivity index (χ1) is 9.19. The molecule has 1 heterocycles. The number of hydrogen-bond acceptors (Lipinski definition) is 3. The molecule has 1 fully saturated rings. The minimum absolute atomic E-state index is 0.301. The first-order valence-electron chi connectivity index (χ1n) is 6.49. The molecule has 2 aliphatic rings. The van der Waals surface area contributed by atoms with Gasteiger partial charge in [0.05, 0.1) is 11.3 Å². The maximum Gasteiger partial charge on any atom is 0.335 e. The largest absolute Gasteiger partial charge is 0.478 e. The molecular weight excluding hydrogens is 240 g/mol. The summed E-state index contributed by atoms with van der Waals surface area (Å²) in [4.78, 5) is 17.9. The van der Waals surface area contributed by atoms with E-state index in [1.165, 1.54) is 12.8 Å². The lowest BCUT2D eigenvalue weighted by Gasteiger charge is -2.30. The van der Waals surface area contributed by atoms with Crippen molar-refractivity contribution in [3.05, 3.63) is 42.0 Å². The lowest BCUT2D eigenvalue weighted by atomic mass is 10.1. The number of carboxylic acid groups (broad SMARTS) is 1. The fourth-order valence-electron chi connectivity index (χ4n) is 2.42. The number of aromatic carboxylic acids is 1. The Labute approximate surface area is 112 Å². The average Bonchev–Trinajstić information content (AvgIpc) is 3.22. The third-order valence-electron chi connectivity index (χ3n) is 3.54. The number of carboxylic acids is 1. The molecule has 1 aromatic carbocycles. The van der Waals surface area contributed by atoms with Crippen LogP contribution in [0.25, 0.3) is 0 Å². The van der Waals surface area contributed by atoms with Crippen LogP contribution in [0.2, 0.25) is 0 Å². The summed E-state index contributed by atoms with van der Waals surface area (Å²) < 4.78 is 0. The summed E-state index contributed by atoms with van der Waals surface area (Å²) >= 11 is 0. The highest BCUT2D eigenvalue weighted by Crippen LogP contribution is 2.37. The molecule has 3 rings (SSSR count). The molecule has 19 heavy (non-hydrogen) atoms. The number of amidine groups is 1. The maximum absolute atomic E-state index is 11.0. The van der Waals surface area contributed by atoms with Crippen LogP contribution < -0.4 is 0 Å². The van der Waals surface area contributed by atoms with Gasteiger partial charge in [0.15, 0.2) is 0 Å². The molecule has 0 aromatic heterocycles. The van der Waals surface area contributed by atoms with E-state index in [9.17, 15) is 4.79 Å². The van der Waals surface area contributed by atoms with E-state index in [0.29, 0.717) is 11.5 Å². The molecule has 0 bridgehead atoms. The van der Waals surface area contributed by atoms with E-state index in [1.54, 1.807) is 12.1 Å². The Kier molecular flexibility index (Phi) is 2.85. The molecule has 4 nitrogen and oxygen atoms in total. The van der Waals surface area contributed by atoms with Crippen LogP contribution in [0.15, 0.2) is 35.8 Å². The predicted molar refractivity (Wildman–Crippen MR) is 73.8 cm³/mol. The van der Waals surface area contributed by atoms with Crippen molar-refractivity contribution in [2.45, 2.75) is 19.4 Å². The topological polar surface area (TPSA) is 52.9 Å². The minimum atomic E-state index is -0.903. The number of benzene rings is 1. The van der Waals surface area contributed by atoms with Gasteiger partial charge in [0.1, 0.15) is 5.84 Å². The van der Waals surface area contributed by atoms with Gasteiger partial charge in [0, 0.05) is 19.0 Å². The van der Waals surface area contributed by atoms with Gasteiger partial charge in [-0.1, -0.05) is 12.1 Å². The zero-order valence-corrected chi connectivity index (χ0v) is 10.7. The molecule has 0 atom stereocenters. The van der Waals surface area contributed by atoms with Gasteiger partial charge in [-0.2, -0.15) is 0 Å². The van der Waals surface area contributed by atoms with E-state index in [-0.39, 0.29) is 0 Å². The molecule has 0 spiro atoms. The van der Waals surface area contributed by atoms with Gasteiger partial charge in [-0.25, -0.2) is 9.79 Å². The zero-order chi connectivity index (χ0) is 13.4. The number of hydrogen-bond donors (Lipinski definition) is 1. The monoisotopic (exact) mass is 256 g/mol. The van der Waals surface area contributed by atoms with Crippen LogP contribution in [0.4, 0.5) is 5.69 Å². The van der Waals surface area contributed by atoms with Gasteiger partial charge in [-0.05, 0) is 30.5 Å². The van der Waals surface area contributed by atoms with Crippen LogP contribution in [-0.4, -0.2) is 28.4 Å². The standard InChI is InChI=1S/C15H16N2O2/c1-2-7-17-9-12-6-5-11(15(18)19)8-13(12)16-14(17)10-3-4-10/h2,5-6,8,10H,1,3-4,7,9H2,(H,18,19). The van der Waals surface area contributed by atoms with Crippen LogP contribution in [0, 0.1) is 5.92 Å². The van der Waals surface area contributed by atoms with Crippen LogP contribution in [0.3, 0.4) is 0 Å². The molecule has 4 heteroatoms. The van der Waals surface area contributed by atoms with Crippen molar-refractivity contribution in [1.29, 1.82) is 0 Å². The summed E-state index contributed by atoms with van der Waals surface area (Å²) in [6.45, 7) is 5.36. The van der Waals surface area contributed by atoms with E-state index in [2.05, 4.69) is 16.5 Å². The highest BCUT2D eigenvalue weighted by atomic mass is 16.4. The van der Waals surface area contributed by atoms with Crippen molar-refractivity contribution < 1.29 is 9.90 Å². The first kappa shape index (κ1) is 12.0. The molecule has 0 amide bonds. The smallest absolute Gasteiger partial charge is 0.335 e. The predicted octanol–water partition coefficient (Wildman–Crippen LogP) is 2.83. The maximum atomic E-state index is 11.0. The van der Waals surface area contributed by atoms with Gasteiger partial charge >= 0.3 is 5.97 Å². The summed E-state index contributed by atoms with van der Waals surface area (Å²) in [5.41, 5.74) is 2.19. The Balaban J connectivity index is 2.00. The highest BCUT2D eigenvalue weighted by molar-refractivity contribution is 5.93. The second-order valence-electron chi connectivity index (χ2n) is 5.06. The Morgan fingerprint density at radius 3 is 2.95 bits per heavy atom. The van der Waals surface area contributed by atoms with Crippen molar-refractivity contribution in [2.24, 2.45) is 10.9 Å². The zero-order valence-electron chi connectivity index (χ0n) is 10.7. The summed E-state index contributed by atoms with van der Waals surface area (Å²) in [7, 11) is 0. The lowest BCUT2D eigenvalue weighted by molar-refractivity contribution is 0.0697. The van der Waals surface area contributed by atoms with Crippen molar-refractivity contribution in [3.63, 3.8) is 0 Å². The second kappa shape index (κ2) is 4.53. The molecule has 1 aliphatic heterocycles. The molecule has 98 valence electrons. The fourth-order valence-corrected chi connectivity index (χ4v) is 2.42. The van der Waals surface area contributed by atoms with E-state index in [4.69, 9.17) is 5.11 Å². The number of fused-ring (bicyclic) bond motifs is 1. The molecular formula is C15H16N2O2. The van der Waals surface area contributed by atoms with Gasteiger partial charge in [0.2, 0.25) is 0 Å². The van der Waals surface area contributed by atoms with E-state index >= 15 is 0 Å². The quantitative estimate of drug-likeness (QED) is 0.843. The Hall–Kier alpha value is -2.10. The number of carbonyl (C=O) groups is 1. The summed E-state index contributed by atoms with van der Waals surface area (Å²) in [6, 6.07) is 5.18. The van der Waals surface area contributed by atoms with Crippen molar-refractivity contribution >= 4 is 17.5 Å². The summed E-state index contributed by atoms with van der Waals surface area (Å²) in [5, 5.41) is 9.04. The lowest BCUT2D eigenvalue weighted by Crippen LogP contribution is -2.34. The van der Waals surface area contributed by atoms with Crippen molar-refractivity contribution in [3.8, 4) is 0 Å². The van der Waals surface area contributed by atoms with E-state index in [0.717, 1.165) is 30.2 Å². The number of rotatable bonds is 4. The molecule has 0 radical (unpaired) electrons. The SMILES string of the molecule is C=CCN1Cc2ccc(C(=O)O)cc2N=C1C1CC1. The normalized spacial score (nSPS) is 17.7. The highest BCUT2D eigenvalue weighted by Gasteiger charge is 2.33. The molecule has 1 saturated carbocycles. The summed E-state index contributed by atoms with van der Waals surface area (Å²) in [5.74, 6) is 0.732. The first-order valence-corrected chi connectivity index (χ1v) is 6.49. The van der Waals surface area contributed by atoms with Crippen molar-refractivity contribution in [1.82, 2.24) is 4.90 Å². The number of nitrogens with zero attached hydrogens (tertiary/aromatic N) is 2. The third kappa shape index (κ3) is 2.26. The molecule has 1 aromatic rings. The molecule has 0 unspecified atom stereocenters. The van der Waals surface area contributed by atoms with Crippen molar-refractivity contribution in [2.75, 3.05) is 6.54 Å². The van der Waals surface area contributed by atoms with E-state index < -0.39 is 5.97 Å². The molecule has 1 N–H and O–H groups in total. The van der Waals surface area contributed by atoms with Crippen LogP contribution >= 0.6 is 0 Å². The summed E-state index contributed by atoms with van der Waals surface area (Å²) in [6.07, 6.45) is 4.25. The van der Waals surface area contributed by atoms with Crippen LogP contribution in [0.5, 0.6) is 0 Å². The Bertz CT molecular complexity index is 574. The fraction of sp³-hybridized carbons (Fsp3) is 0.333. The minimum Gasteiger partial charge on any atom is -0.478 e.